The summed E-state index contributed by atoms with van der Waals surface area (Å²) in [5.41, 5.74) is 1.50. The summed E-state index contributed by atoms with van der Waals surface area (Å²) in [6, 6.07) is 0. The average Bonchev–Trinajstić information content (AvgIpc) is 2.83. The maximum absolute atomic E-state index is 11.7. The van der Waals surface area contributed by atoms with E-state index < -0.39 is 0 Å². The molecule has 0 aliphatic carbocycles. The number of rotatable bonds is 3. The Bertz CT molecular complexity index is 425. The van der Waals surface area contributed by atoms with Crippen molar-refractivity contribution in [1.29, 1.82) is 0 Å². The fourth-order valence-corrected chi connectivity index (χ4v) is 2.09. The summed E-state index contributed by atoms with van der Waals surface area (Å²) in [7, 11) is 1.75. The molecule has 0 saturated carbocycles. The lowest BCUT2D eigenvalue weighted by Gasteiger charge is -2.09. The number of halogens is 1. The Morgan fingerprint density at radius 2 is 2.47 bits per heavy atom. The van der Waals surface area contributed by atoms with Crippen LogP contribution in [-0.2, 0) is 27.7 Å². The third kappa shape index (κ3) is 2.79. The van der Waals surface area contributed by atoms with Crippen molar-refractivity contribution in [3.8, 4) is 0 Å². The quantitative estimate of drug-likeness (QED) is 0.766. The van der Waals surface area contributed by atoms with E-state index in [4.69, 9.17) is 21.1 Å². The van der Waals surface area contributed by atoms with E-state index in [0.29, 0.717) is 18.4 Å². The number of hydrogen-bond acceptors (Lipinski definition) is 4. The van der Waals surface area contributed by atoms with Gasteiger partial charge >= 0.3 is 5.97 Å². The monoisotopic (exact) mass is 258 g/mol. The first-order valence-electron chi connectivity index (χ1n) is 5.53. The molecule has 2 heterocycles. The summed E-state index contributed by atoms with van der Waals surface area (Å²) >= 11 is 6.04. The molecular weight excluding hydrogens is 244 g/mol. The van der Waals surface area contributed by atoms with Crippen LogP contribution in [0.5, 0.6) is 0 Å². The molecular formula is C11H15ClN2O3. The summed E-state index contributed by atoms with van der Waals surface area (Å²) in [6.45, 7) is 2.98. The van der Waals surface area contributed by atoms with Gasteiger partial charge in [-0.05, 0) is 6.92 Å². The van der Waals surface area contributed by atoms with Crippen LogP contribution in [0.2, 0.25) is 5.15 Å². The van der Waals surface area contributed by atoms with Crippen LogP contribution in [0.15, 0.2) is 0 Å². The third-order valence-electron chi connectivity index (χ3n) is 2.78. The normalized spacial score (nSPS) is 19.6. The summed E-state index contributed by atoms with van der Waals surface area (Å²) in [5, 5.41) is 4.64. The molecule has 0 N–H and O–H groups in total. The number of carbonyl (C=O) groups is 1. The minimum Gasteiger partial charge on any atom is -0.460 e. The Kier molecular flexibility index (Phi) is 3.69. The number of aromatic nitrogens is 2. The number of carbonyl (C=O) groups excluding carboxylic acids is 1. The topological polar surface area (TPSA) is 53.4 Å². The summed E-state index contributed by atoms with van der Waals surface area (Å²) in [4.78, 5) is 11.7. The van der Waals surface area contributed by atoms with Crippen molar-refractivity contribution in [2.45, 2.75) is 25.9 Å². The van der Waals surface area contributed by atoms with Gasteiger partial charge in [0.05, 0.1) is 25.3 Å². The second-order valence-corrected chi connectivity index (χ2v) is 4.49. The van der Waals surface area contributed by atoms with Crippen LogP contribution in [0.4, 0.5) is 0 Å². The minimum absolute atomic E-state index is 0.113. The predicted octanol–water partition coefficient (Wildman–Crippen LogP) is 1.26. The van der Waals surface area contributed by atoms with Crippen molar-refractivity contribution in [2.75, 3.05) is 13.2 Å². The van der Waals surface area contributed by atoms with E-state index >= 15 is 0 Å². The van der Waals surface area contributed by atoms with Gasteiger partial charge < -0.3 is 9.47 Å². The molecule has 94 valence electrons. The first-order chi connectivity index (χ1) is 8.08. The molecule has 6 heteroatoms. The second kappa shape index (κ2) is 5.06. The first-order valence-corrected chi connectivity index (χ1v) is 5.91. The van der Waals surface area contributed by atoms with Crippen LogP contribution in [0.1, 0.15) is 17.7 Å². The molecule has 1 fully saturated rings. The molecule has 1 atom stereocenters. The largest absolute Gasteiger partial charge is 0.460 e. The number of ether oxygens (including phenoxy) is 2. The second-order valence-electron chi connectivity index (χ2n) is 4.13. The van der Waals surface area contributed by atoms with Crippen molar-refractivity contribution >= 4 is 17.6 Å². The standard InChI is InChI=1S/C11H15ClN2O3/c1-7-9(11(12)14(2)13-7)5-10(15)17-8-3-4-16-6-8/h8H,3-6H2,1-2H3/t8-/m1/s1. The number of nitrogens with zero attached hydrogens (tertiary/aromatic N) is 2. The Morgan fingerprint density at radius 1 is 1.71 bits per heavy atom. The van der Waals surface area contributed by atoms with Gasteiger partial charge in [0, 0.05) is 19.0 Å². The zero-order valence-electron chi connectivity index (χ0n) is 9.90. The smallest absolute Gasteiger partial charge is 0.310 e. The molecule has 0 bridgehead atoms. The van der Waals surface area contributed by atoms with Crippen LogP contribution in [0, 0.1) is 6.92 Å². The molecule has 1 aliphatic heterocycles. The molecule has 2 rings (SSSR count). The molecule has 1 saturated heterocycles. The number of esters is 1. The zero-order valence-corrected chi connectivity index (χ0v) is 10.7. The minimum atomic E-state index is -0.279. The van der Waals surface area contributed by atoms with E-state index in [-0.39, 0.29) is 18.5 Å². The molecule has 5 nitrogen and oxygen atoms in total. The highest BCUT2D eigenvalue weighted by atomic mass is 35.5. The van der Waals surface area contributed by atoms with Crippen molar-refractivity contribution in [2.24, 2.45) is 7.05 Å². The molecule has 0 unspecified atom stereocenters. The first kappa shape index (κ1) is 12.4. The highest BCUT2D eigenvalue weighted by molar-refractivity contribution is 6.30. The van der Waals surface area contributed by atoms with Crippen molar-refractivity contribution in [1.82, 2.24) is 9.78 Å². The fourth-order valence-electron chi connectivity index (χ4n) is 1.85. The maximum Gasteiger partial charge on any atom is 0.310 e. The molecule has 0 aromatic carbocycles. The lowest BCUT2D eigenvalue weighted by atomic mass is 10.2. The fraction of sp³-hybridized carbons (Fsp3) is 0.636. The average molecular weight is 259 g/mol. The highest BCUT2D eigenvalue weighted by Crippen LogP contribution is 2.20. The van der Waals surface area contributed by atoms with Gasteiger partial charge in [-0.2, -0.15) is 5.10 Å². The van der Waals surface area contributed by atoms with Crippen LogP contribution < -0.4 is 0 Å². The van der Waals surface area contributed by atoms with Gasteiger partial charge in [-0.1, -0.05) is 11.6 Å². The van der Waals surface area contributed by atoms with E-state index in [1.165, 1.54) is 0 Å². The van der Waals surface area contributed by atoms with Crippen molar-refractivity contribution in [3.63, 3.8) is 0 Å². The summed E-state index contributed by atoms with van der Waals surface area (Å²) in [5.74, 6) is -0.279. The van der Waals surface area contributed by atoms with Crippen molar-refractivity contribution < 1.29 is 14.3 Å². The van der Waals surface area contributed by atoms with Gasteiger partial charge in [0.25, 0.3) is 0 Å². The Labute approximate surface area is 105 Å². The van der Waals surface area contributed by atoms with Gasteiger partial charge in [0.15, 0.2) is 0 Å². The van der Waals surface area contributed by atoms with Gasteiger partial charge in [-0.25, -0.2) is 0 Å². The van der Waals surface area contributed by atoms with Gasteiger partial charge in [-0.3, -0.25) is 9.48 Å². The Morgan fingerprint density at radius 3 is 3.00 bits per heavy atom. The highest BCUT2D eigenvalue weighted by Gasteiger charge is 2.22. The van der Waals surface area contributed by atoms with Crippen LogP contribution >= 0.6 is 11.6 Å². The molecule has 0 radical (unpaired) electrons. The van der Waals surface area contributed by atoms with Crippen molar-refractivity contribution in [3.05, 3.63) is 16.4 Å². The van der Waals surface area contributed by atoms with E-state index in [9.17, 15) is 4.79 Å². The Balaban J connectivity index is 1.97. The van der Waals surface area contributed by atoms with E-state index in [0.717, 1.165) is 17.7 Å². The van der Waals surface area contributed by atoms with Crippen LogP contribution in [-0.4, -0.2) is 35.1 Å². The van der Waals surface area contributed by atoms with Crippen LogP contribution in [0.25, 0.3) is 0 Å². The molecule has 1 aromatic rings. The molecule has 0 amide bonds. The van der Waals surface area contributed by atoms with Gasteiger partial charge in [0.1, 0.15) is 11.3 Å². The summed E-state index contributed by atoms with van der Waals surface area (Å²) < 4.78 is 12.0. The SMILES string of the molecule is Cc1nn(C)c(Cl)c1CC(=O)O[C@@H]1CCOC1. The lowest BCUT2D eigenvalue weighted by Crippen LogP contribution is -2.19. The predicted molar refractivity (Wildman–Crippen MR) is 62.0 cm³/mol. The Hall–Kier alpha value is -1.07. The molecule has 1 aromatic heterocycles. The zero-order chi connectivity index (χ0) is 12.4. The van der Waals surface area contributed by atoms with Gasteiger partial charge in [-0.15, -0.1) is 0 Å². The third-order valence-corrected chi connectivity index (χ3v) is 3.25. The molecule has 17 heavy (non-hydrogen) atoms. The van der Waals surface area contributed by atoms with E-state index in [1.54, 1.807) is 11.7 Å². The van der Waals surface area contributed by atoms with Gasteiger partial charge in [0.2, 0.25) is 0 Å². The van der Waals surface area contributed by atoms with E-state index in [2.05, 4.69) is 5.10 Å². The van der Waals surface area contributed by atoms with E-state index in [1.807, 2.05) is 6.92 Å². The maximum atomic E-state index is 11.7. The molecule has 1 aliphatic rings. The molecule has 0 spiro atoms. The summed E-state index contributed by atoms with van der Waals surface area (Å²) in [6.07, 6.45) is 0.818. The lowest BCUT2D eigenvalue weighted by molar-refractivity contribution is -0.148. The number of aryl methyl sites for hydroxylation is 2. The van der Waals surface area contributed by atoms with Crippen LogP contribution in [0.3, 0.4) is 0 Å². The number of hydrogen-bond donors (Lipinski definition) is 0.